The number of aromatic hydroxyl groups is 1. The van der Waals surface area contributed by atoms with Crippen LogP contribution < -0.4 is 4.74 Å². The van der Waals surface area contributed by atoms with Crippen molar-refractivity contribution in [2.24, 2.45) is 0 Å². The van der Waals surface area contributed by atoms with Crippen molar-refractivity contribution < 1.29 is 22.8 Å². The molecule has 0 unspecified atom stereocenters. The summed E-state index contributed by atoms with van der Waals surface area (Å²) in [5, 5.41) is 9.83. The van der Waals surface area contributed by atoms with E-state index < -0.39 is 10.1 Å². The first kappa shape index (κ1) is 18.3. The molecule has 6 heteroatoms. The van der Waals surface area contributed by atoms with Crippen LogP contribution in [0.1, 0.15) is 38.2 Å². The predicted molar refractivity (Wildman–Crippen MR) is 92.3 cm³/mol. The fraction of sp³-hybridized carbons (Fsp3) is 0.333. The van der Waals surface area contributed by atoms with Gasteiger partial charge in [0.25, 0.3) is 10.1 Å². The Balaban J connectivity index is 2.07. The zero-order valence-corrected chi connectivity index (χ0v) is 14.4. The fourth-order valence-corrected chi connectivity index (χ4v) is 2.90. The van der Waals surface area contributed by atoms with Crippen LogP contribution in [0.25, 0.3) is 0 Å². The van der Waals surface area contributed by atoms with Gasteiger partial charge < -0.3 is 9.84 Å². The zero-order valence-electron chi connectivity index (χ0n) is 13.6. The lowest BCUT2D eigenvalue weighted by Gasteiger charge is -2.09. The average Bonchev–Trinajstić information content (AvgIpc) is 2.51. The van der Waals surface area contributed by atoms with E-state index in [0.29, 0.717) is 11.5 Å². The number of hydrogen-bond acceptors (Lipinski definition) is 4. The van der Waals surface area contributed by atoms with Gasteiger partial charge in [0.15, 0.2) is 0 Å². The third-order valence-electron chi connectivity index (χ3n) is 3.63. The first-order valence-corrected chi connectivity index (χ1v) is 9.41. The number of rotatable bonds is 8. The summed E-state index contributed by atoms with van der Waals surface area (Å²) in [6, 6.07) is 10.5. The van der Waals surface area contributed by atoms with Gasteiger partial charge in [-0.1, -0.05) is 26.2 Å². The number of phenolic OH excluding ortho intramolecular Hbond substituents is 1. The van der Waals surface area contributed by atoms with Crippen LogP contribution in [0.2, 0.25) is 0 Å². The maximum Gasteiger partial charge on any atom is 0.294 e. The molecule has 0 saturated carbocycles. The van der Waals surface area contributed by atoms with Gasteiger partial charge in [-0.3, -0.25) is 4.55 Å². The molecule has 24 heavy (non-hydrogen) atoms. The molecule has 0 aliphatic carbocycles. The van der Waals surface area contributed by atoms with E-state index in [1.54, 1.807) is 6.07 Å². The van der Waals surface area contributed by atoms with Crippen LogP contribution in [-0.4, -0.2) is 18.1 Å². The highest BCUT2D eigenvalue weighted by molar-refractivity contribution is 7.85. The van der Waals surface area contributed by atoms with Crippen molar-refractivity contribution in [2.75, 3.05) is 0 Å². The minimum atomic E-state index is -4.22. The molecule has 0 spiro atoms. The van der Waals surface area contributed by atoms with Crippen LogP contribution in [-0.2, 0) is 16.5 Å². The van der Waals surface area contributed by atoms with E-state index in [0.717, 1.165) is 24.8 Å². The number of ether oxygens (including phenoxy) is 1. The molecule has 130 valence electrons. The molecule has 2 aromatic carbocycles. The Morgan fingerprint density at radius 3 is 2.29 bits per heavy atom. The van der Waals surface area contributed by atoms with Gasteiger partial charge in [0.05, 0.1) is 4.90 Å². The van der Waals surface area contributed by atoms with Crippen LogP contribution in [0.4, 0.5) is 0 Å². The second kappa shape index (κ2) is 8.17. The van der Waals surface area contributed by atoms with Crippen molar-refractivity contribution >= 4 is 10.1 Å². The average molecular weight is 350 g/mol. The molecule has 0 aliphatic heterocycles. The summed E-state index contributed by atoms with van der Waals surface area (Å²) in [6.07, 6.45) is 5.45. The number of hydrogen-bond donors (Lipinski definition) is 2. The van der Waals surface area contributed by atoms with Gasteiger partial charge in [-0.05, 0) is 54.8 Å². The molecule has 0 saturated heterocycles. The van der Waals surface area contributed by atoms with E-state index in [1.807, 2.05) is 6.07 Å². The Bertz CT molecular complexity index is 766. The molecule has 0 aromatic heterocycles. The van der Waals surface area contributed by atoms with Crippen molar-refractivity contribution in [3.05, 3.63) is 48.0 Å². The highest BCUT2D eigenvalue weighted by Gasteiger charge is 2.09. The minimum Gasteiger partial charge on any atom is -0.508 e. The largest absolute Gasteiger partial charge is 0.508 e. The maximum absolute atomic E-state index is 11.0. The van der Waals surface area contributed by atoms with Gasteiger partial charge in [0, 0.05) is 6.07 Å². The lowest BCUT2D eigenvalue weighted by atomic mass is 10.1. The summed E-state index contributed by atoms with van der Waals surface area (Å²) in [4.78, 5) is -0.192. The summed E-state index contributed by atoms with van der Waals surface area (Å²) >= 11 is 0. The van der Waals surface area contributed by atoms with Crippen molar-refractivity contribution in [1.82, 2.24) is 0 Å². The fourth-order valence-electron chi connectivity index (χ4n) is 2.42. The molecule has 0 radical (unpaired) electrons. The molecule has 0 heterocycles. The molecule has 0 bridgehead atoms. The molecule has 0 fully saturated rings. The molecule has 2 N–H and O–H groups in total. The molecule has 2 rings (SSSR count). The van der Waals surface area contributed by atoms with Gasteiger partial charge in [0.1, 0.15) is 17.2 Å². The van der Waals surface area contributed by atoms with Crippen LogP contribution in [0.3, 0.4) is 0 Å². The summed E-state index contributed by atoms with van der Waals surface area (Å²) < 4.78 is 36.7. The van der Waals surface area contributed by atoms with Crippen molar-refractivity contribution in [2.45, 2.75) is 43.9 Å². The molecule has 0 aliphatic rings. The lowest BCUT2D eigenvalue weighted by Crippen LogP contribution is -1.97. The SMILES string of the molecule is CCCCCCc1cc(O)cc(Oc2ccc(S(=O)(=O)O)cc2)c1. The first-order valence-electron chi connectivity index (χ1n) is 7.97. The van der Waals surface area contributed by atoms with E-state index in [1.165, 1.54) is 43.2 Å². The monoisotopic (exact) mass is 350 g/mol. The number of aryl methyl sites for hydroxylation is 1. The van der Waals surface area contributed by atoms with Crippen molar-refractivity contribution in [3.8, 4) is 17.2 Å². The van der Waals surface area contributed by atoms with Crippen LogP contribution in [0.15, 0.2) is 47.4 Å². The van der Waals surface area contributed by atoms with Gasteiger partial charge in [-0.15, -0.1) is 0 Å². The molecule has 2 aromatic rings. The molecular formula is C18H22O5S. The Kier molecular flexibility index (Phi) is 6.23. The third kappa shape index (κ3) is 5.54. The molecule has 0 atom stereocenters. The van der Waals surface area contributed by atoms with E-state index in [9.17, 15) is 13.5 Å². The summed E-state index contributed by atoms with van der Waals surface area (Å²) in [7, 11) is -4.22. The molecule has 0 amide bonds. The van der Waals surface area contributed by atoms with Crippen molar-refractivity contribution in [1.29, 1.82) is 0 Å². The lowest BCUT2D eigenvalue weighted by molar-refractivity contribution is 0.453. The van der Waals surface area contributed by atoms with Gasteiger partial charge >= 0.3 is 0 Å². The van der Waals surface area contributed by atoms with E-state index in [-0.39, 0.29) is 10.6 Å². The van der Waals surface area contributed by atoms with Gasteiger partial charge in [-0.2, -0.15) is 8.42 Å². The topological polar surface area (TPSA) is 83.8 Å². The van der Waals surface area contributed by atoms with Crippen molar-refractivity contribution in [3.63, 3.8) is 0 Å². The standard InChI is InChI=1S/C18H22O5S/c1-2-3-4-5-6-14-11-15(19)13-17(12-14)23-16-7-9-18(10-8-16)24(20,21)22/h7-13,19H,2-6H2,1H3,(H,20,21,22). The summed E-state index contributed by atoms with van der Waals surface area (Å²) in [5.41, 5.74) is 0.996. The number of phenols is 1. The quantitative estimate of drug-likeness (QED) is 0.539. The van der Waals surface area contributed by atoms with Crippen LogP contribution >= 0.6 is 0 Å². The normalized spacial score (nSPS) is 11.4. The zero-order chi connectivity index (χ0) is 17.6. The number of unbranched alkanes of at least 4 members (excludes halogenated alkanes) is 3. The van der Waals surface area contributed by atoms with Crippen LogP contribution in [0, 0.1) is 0 Å². The first-order chi connectivity index (χ1) is 11.4. The Labute approximate surface area is 142 Å². The smallest absolute Gasteiger partial charge is 0.294 e. The summed E-state index contributed by atoms with van der Waals surface area (Å²) in [6.45, 7) is 2.16. The maximum atomic E-state index is 11.0. The minimum absolute atomic E-state index is 0.132. The highest BCUT2D eigenvalue weighted by Crippen LogP contribution is 2.28. The van der Waals surface area contributed by atoms with E-state index in [2.05, 4.69) is 6.92 Å². The Hall–Kier alpha value is -2.05. The highest BCUT2D eigenvalue weighted by atomic mass is 32.2. The number of benzene rings is 2. The van der Waals surface area contributed by atoms with E-state index in [4.69, 9.17) is 9.29 Å². The van der Waals surface area contributed by atoms with Gasteiger partial charge in [-0.25, -0.2) is 0 Å². The summed E-state index contributed by atoms with van der Waals surface area (Å²) in [5.74, 6) is 1.04. The second-order valence-electron chi connectivity index (χ2n) is 5.69. The predicted octanol–water partition coefficient (Wildman–Crippen LogP) is 4.55. The molecule has 5 nitrogen and oxygen atoms in total. The Morgan fingerprint density at radius 1 is 0.958 bits per heavy atom. The Morgan fingerprint density at radius 2 is 1.67 bits per heavy atom. The third-order valence-corrected chi connectivity index (χ3v) is 4.50. The van der Waals surface area contributed by atoms with E-state index >= 15 is 0 Å². The van der Waals surface area contributed by atoms with Gasteiger partial charge in [0.2, 0.25) is 0 Å². The van der Waals surface area contributed by atoms with Crippen LogP contribution in [0.5, 0.6) is 17.2 Å². The second-order valence-corrected chi connectivity index (χ2v) is 7.12. The molecular weight excluding hydrogens is 328 g/mol.